The summed E-state index contributed by atoms with van der Waals surface area (Å²) in [6.45, 7) is 1.03. The van der Waals surface area contributed by atoms with Crippen molar-refractivity contribution in [2.75, 3.05) is 7.11 Å². The van der Waals surface area contributed by atoms with Crippen molar-refractivity contribution < 1.29 is 31.6 Å². The van der Waals surface area contributed by atoms with Crippen LogP contribution in [-0.4, -0.2) is 37.7 Å². The molecule has 1 heterocycles. The lowest BCUT2D eigenvalue weighted by atomic mass is 10.2. The van der Waals surface area contributed by atoms with Gasteiger partial charge in [0.15, 0.2) is 6.61 Å². The molecule has 9 nitrogen and oxygen atoms in total. The summed E-state index contributed by atoms with van der Waals surface area (Å²) in [5.74, 6) is -0.512. The van der Waals surface area contributed by atoms with Crippen molar-refractivity contribution in [1.82, 2.24) is 14.9 Å². The number of aromatic nitrogens is 2. The number of hydrogen-bond acceptors (Lipinski definition) is 8. The molecule has 30 heavy (non-hydrogen) atoms. The van der Waals surface area contributed by atoms with Crippen LogP contribution in [0, 0.1) is 5.82 Å². The summed E-state index contributed by atoms with van der Waals surface area (Å²) in [5.41, 5.74) is 0.502. The number of methoxy groups -OCH3 is 1. The van der Waals surface area contributed by atoms with Gasteiger partial charge in [-0.2, -0.15) is 9.71 Å². The number of halogens is 1. The molecule has 0 spiro atoms. The molecule has 3 rings (SSSR count). The topological polar surface area (TPSA) is 121 Å². The van der Waals surface area contributed by atoms with E-state index in [0.29, 0.717) is 11.3 Å². The molecular weight excluding hydrogens is 417 g/mol. The fraction of sp³-hybridized carbons (Fsp3) is 0.211. The maximum atomic E-state index is 13.0. The van der Waals surface area contributed by atoms with Crippen LogP contribution in [0.3, 0.4) is 0 Å². The van der Waals surface area contributed by atoms with E-state index in [1.54, 1.807) is 0 Å². The molecule has 0 saturated heterocycles. The quantitative estimate of drug-likeness (QED) is 0.535. The molecule has 11 heteroatoms. The maximum Gasteiger partial charge on any atom is 0.324 e. The van der Waals surface area contributed by atoms with Gasteiger partial charge in [0.05, 0.1) is 12.0 Å². The number of nitrogens with one attached hydrogen (secondary N) is 1. The third-order valence-electron chi connectivity index (χ3n) is 3.96. The first-order valence-electron chi connectivity index (χ1n) is 8.70. The average Bonchev–Trinajstić information content (AvgIpc) is 3.21. The second-order valence-corrected chi connectivity index (χ2v) is 7.86. The molecule has 0 aliphatic heterocycles. The lowest BCUT2D eigenvalue weighted by Crippen LogP contribution is -2.39. The number of esters is 1. The maximum absolute atomic E-state index is 13.0. The summed E-state index contributed by atoms with van der Waals surface area (Å²) < 4.78 is 55.0. The predicted octanol–water partition coefficient (Wildman–Crippen LogP) is 2.29. The highest BCUT2D eigenvalue weighted by Crippen LogP contribution is 2.18. The van der Waals surface area contributed by atoms with E-state index in [1.165, 1.54) is 62.6 Å². The Labute approximate surface area is 171 Å². The number of carbonyl (C=O) groups excluding carboxylic acids is 1. The van der Waals surface area contributed by atoms with Gasteiger partial charge >= 0.3 is 5.97 Å². The third-order valence-corrected chi connectivity index (χ3v) is 5.51. The van der Waals surface area contributed by atoms with E-state index in [9.17, 15) is 17.6 Å². The second-order valence-electron chi connectivity index (χ2n) is 6.15. The summed E-state index contributed by atoms with van der Waals surface area (Å²) >= 11 is 0. The summed E-state index contributed by atoms with van der Waals surface area (Å²) in [6, 6.07) is 9.97. The van der Waals surface area contributed by atoms with Crippen molar-refractivity contribution in [2.45, 2.75) is 24.5 Å². The number of benzene rings is 2. The molecule has 158 valence electrons. The van der Waals surface area contributed by atoms with Crippen LogP contribution >= 0.6 is 0 Å². The van der Waals surface area contributed by atoms with Crippen LogP contribution in [0.15, 0.2) is 57.9 Å². The zero-order valence-corrected chi connectivity index (χ0v) is 16.8. The van der Waals surface area contributed by atoms with Gasteiger partial charge in [0, 0.05) is 5.56 Å². The molecular formula is C19H18FN3O6S. The van der Waals surface area contributed by atoms with Gasteiger partial charge in [0.1, 0.15) is 17.6 Å². The van der Waals surface area contributed by atoms with Gasteiger partial charge in [-0.3, -0.25) is 4.79 Å². The Balaban J connectivity index is 1.57. The first-order valence-corrected chi connectivity index (χ1v) is 10.2. The van der Waals surface area contributed by atoms with Crippen molar-refractivity contribution in [1.29, 1.82) is 0 Å². The van der Waals surface area contributed by atoms with Crippen LogP contribution in [0.4, 0.5) is 4.39 Å². The number of rotatable bonds is 8. The minimum Gasteiger partial charge on any atom is -0.497 e. The number of nitrogens with zero attached hydrogens (tertiary/aromatic N) is 2. The average molecular weight is 435 g/mol. The Morgan fingerprint density at radius 3 is 2.47 bits per heavy atom. The van der Waals surface area contributed by atoms with Crippen molar-refractivity contribution in [3.05, 3.63) is 60.2 Å². The molecule has 0 amide bonds. The smallest absolute Gasteiger partial charge is 0.324 e. The fourth-order valence-electron chi connectivity index (χ4n) is 2.39. The first kappa shape index (κ1) is 21.4. The van der Waals surface area contributed by atoms with Gasteiger partial charge in [0.2, 0.25) is 15.8 Å². The van der Waals surface area contributed by atoms with Gasteiger partial charge in [-0.15, -0.1) is 0 Å². The fourth-order valence-corrected chi connectivity index (χ4v) is 3.58. The van der Waals surface area contributed by atoms with E-state index < -0.39 is 27.9 Å². The Morgan fingerprint density at radius 2 is 1.83 bits per heavy atom. The molecule has 0 bridgehead atoms. The monoisotopic (exact) mass is 435 g/mol. The molecule has 0 fully saturated rings. The summed E-state index contributed by atoms with van der Waals surface area (Å²) in [6.07, 6.45) is 0. The number of sulfonamides is 1. The molecule has 0 radical (unpaired) electrons. The van der Waals surface area contributed by atoms with Gasteiger partial charge in [0.25, 0.3) is 5.89 Å². The van der Waals surface area contributed by atoms with E-state index in [0.717, 1.165) is 0 Å². The zero-order valence-electron chi connectivity index (χ0n) is 16.0. The number of carbonyl (C=O) groups is 1. The van der Waals surface area contributed by atoms with Gasteiger partial charge < -0.3 is 14.0 Å². The van der Waals surface area contributed by atoms with E-state index in [-0.39, 0.29) is 23.2 Å². The van der Waals surface area contributed by atoms with Crippen molar-refractivity contribution >= 4 is 16.0 Å². The third kappa shape index (κ3) is 5.19. The van der Waals surface area contributed by atoms with Gasteiger partial charge in [-0.25, -0.2) is 12.8 Å². The highest BCUT2D eigenvalue weighted by molar-refractivity contribution is 7.89. The SMILES string of the molecule is COc1ccc(S(=O)(=O)N[C@@H](C)C(=O)OCc2noc(-c3ccc(F)cc3)n2)cc1. The van der Waals surface area contributed by atoms with E-state index in [2.05, 4.69) is 14.9 Å². The van der Waals surface area contributed by atoms with Crippen LogP contribution in [0.2, 0.25) is 0 Å². The summed E-state index contributed by atoms with van der Waals surface area (Å²) in [4.78, 5) is 16.2. The molecule has 3 aromatic rings. The molecule has 0 saturated carbocycles. The van der Waals surface area contributed by atoms with Crippen LogP contribution in [-0.2, 0) is 26.2 Å². The molecule has 1 aromatic heterocycles. The summed E-state index contributed by atoms with van der Waals surface area (Å²) in [7, 11) is -2.47. The van der Waals surface area contributed by atoms with E-state index in [1.807, 2.05) is 0 Å². The van der Waals surface area contributed by atoms with Crippen LogP contribution in [0.1, 0.15) is 12.7 Å². The molecule has 0 unspecified atom stereocenters. The second kappa shape index (κ2) is 9.01. The largest absolute Gasteiger partial charge is 0.497 e. The minimum atomic E-state index is -3.93. The normalized spacial score (nSPS) is 12.4. The molecule has 0 aliphatic carbocycles. The number of ether oxygens (including phenoxy) is 2. The van der Waals surface area contributed by atoms with E-state index >= 15 is 0 Å². The lowest BCUT2D eigenvalue weighted by molar-refractivity contribution is -0.146. The van der Waals surface area contributed by atoms with Crippen LogP contribution in [0.5, 0.6) is 5.75 Å². The van der Waals surface area contributed by atoms with Gasteiger partial charge in [-0.1, -0.05) is 5.16 Å². The lowest BCUT2D eigenvalue weighted by Gasteiger charge is -2.13. The van der Waals surface area contributed by atoms with E-state index in [4.69, 9.17) is 14.0 Å². The minimum absolute atomic E-state index is 0.0231. The zero-order chi connectivity index (χ0) is 21.7. The number of hydrogen-bond donors (Lipinski definition) is 1. The van der Waals surface area contributed by atoms with Crippen molar-refractivity contribution in [3.63, 3.8) is 0 Å². The van der Waals surface area contributed by atoms with Gasteiger partial charge in [-0.05, 0) is 55.5 Å². The highest BCUT2D eigenvalue weighted by atomic mass is 32.2. The predicted molar refractivity (Wildman–Crippen MR) is 102 cm³/mol. The van der Waals surface area contributed by atoms with Crippen molar-refractivity contribution in [3.8, 4) is 17.2 Å². The van der Waals surface area contributed by atoms with Crippen molar-refractivity contribution in [2.24, 2.45) is 0 Å². The first-order chi connectivity index (χ1) is 14.3. The standard InChI is InChI=1S/C19H18FN3O6S/c1-12(23-30(25,26)16-9-7-15(27-2)8-10-16)19(24)28-11-17-21-18(29-22-17)13-3-5-14(20)6-4-13/h3-10,12,23H,11H2,1-2H3/t12-/m0/s1. The Morgan fingerprint density at radius 1 is 1.17 bits per heavy atom. The van der Waals surface area contributed by atoms with Crippen LogP contribution < -0.4 is 9.46 Å². The Hall–Kier alpha value is -3.31. The van der Waals surface area contributed by atoms with Crippen LogP contribution in [0.25, 0.3) is 11.5 Å². The molecule has 1 N–H and O–H groups in total. The highest BCUT2D eigenvalue weighted by Gasteiger charge is 2.24. The molecule has 1 atom stereocenters. The molecule has 2 aromatic carbocycles. The Bertz CT molecular complexity index is 1110. The summed E-state index contributed by atoms with van der Waals surface area (Å²) in [5, 5.41) is 3.68. The Kier molecular flexibility index (Phi) is 6.43. The molecule has 0 aliphatic rings.